The third-order valence-electron chi connectivity index (χ3n) is 5.07. The second kappa shape index (κ2) is 13.6. The molecule has 2 aromatic carbocycles. The fourth-order valence-electron chi connectivity index (χ4n) is 3.31. The van der Waals surface area contributed by atoms with Gasteiger partial charge in [0.25, 0.3) is 0 Å². The highest BCUT2D eigenvalue weighted by atomic mass is 16.5. The lowest BCUT2D eigenvalue weighted by Gasteiger charge is -2.25. The Morgan fingerprint density at radius 3 is 2.03 bits per heavy atom. The van der Waals surface area contributed by atoms with Crippen LogP contribution in [-0.4, -0.2) is 42.6 Å². The number of carbonyl (C=O) groups is 4. The van der Waals surface area contributed by atoms with Gasteiger partial charge in [0.15, 0.2) is 0 Å². The minimum Gasteiger partial charge on any atom is -0.466 e. The summed E-state index contributed by atoms with van der Waals surface area (Å²) in [5.41, 5.74) is 7.07. The van der Waals surface area contributed by atoms with Crippen molar-refractivity contribution in [2.24, 2.45) is 11.7 Å². The van der Waals surface area contributed by atoms with Crippen molar-refractivity contribution in [1.29, 1.82) is 0 Å². The predicted molar refractivity (Wildman–Crippen MR) is 125 cm³/mol. The third-order valence-corrected chi connectivity index (χ3v) is 5.07. The summed E-state index contributed by atoms with van der Waals surface area (Å²) >= 11 is 0. The molecule has 2 rings (SSSR count). The van der Waals surface area contributed by atoms with Gasteiger partial charge in [0.2, 0.25) is 11.8 Å². The van der Waals surface area contributed by atoms with E-state index in [2.05, 4.69) is 10.6 Å². The zero-order chi connectivity index (χ0) is 24.9. The Labute approximate surface area is 199 Å². The smallest absolute Gasteiger partial charge is 0.408 e. The van der Waals surface area contributed by atoms with Crippen molar-refractivity contribution in [2.45, 2.75) is 45.4 Å². The van der Waals surface area contributed by atoms with Crippen LogP contribution >= 0.6 is 0 Å². The number of alkyl carbamates (subject to hydrolysis) is 1. The molecule has 9 nitrogen and oxygen atoms in total. The van der Waals surface area contributed by atoms with Gasteiger partial charge in [-0.2, -0.15) is 0 Å². The molecule has 2 aromatic rings. The van der Waals surface area contributed by atoms with Crippen LogP contribution in [0.1, 0.15) is 31.4 Å². The normalized spacial score (nSPS) is 13.1. The summed E-state index contributed by atoms with van der Waals surface area (Å²) in [6.45, 7) is 3.52. The molecular weight excluding hydrogens is 438 g/mol. The molecule has 0 radical (unpaired) electrons. The first-order valence-corrected chi connectivity index (χ1v) is 11.1. The topological polar surface area (TPSA) is 137 Å². The van der Waals surface area contributed by atoms with Crippen molar-refractivity contribution >= 4 is 23.9 Å². The number of esters is 1. The third kappa shape index (κ3) is 8.93. The van der Waals surface area contributed by atoms with E-state index < -0.39 is 41.9 Å². The second-order valence-electron chi connectivity index (χ2n) is 7.82. The second-order valence-corrected chi connectivity index (χ2v) is 7.82. The molecule has 0 aliphatic rings. The molecule has 0 aliphatic carbocycles. The van der Waals surface area contributed by atoms with Crippen LogP contribution in [-0.2, 0) is 36.9 Å². The summed E-state index contributed by atoms with van der Waals surface area (Å²) in [5.74, 6) is -2.53. The molecule has 0 fully saturated rings. The van der Waals surface area contributed by atoms with Gasteiger partial charge in [-0.15, -0.1) is 0 Å². The minimum absolute atomic E-state index is 0.0346. The monoisotopic (exact) mass is 469 g/mol. The Morgan fingerprint density at radius 2 is 1.47 bits per heavy atom. The molecular formula is C25H31N3O6. The van der Waals surface area contributed by atoms with Crippen LogP contribution in [0, 0.1) is 5.92 Å². The number of primary amides is 1. The van der Waals surface area contributed by atoms with E-state index in [-0.39, 0.29) is 26.1 Å². The van der Waals surface area contributed by atoms with Crippen molar-refractivity contribution in [3.05, 3.63) is 71.8 Å². The van der Waals surface area contributed by atoms with Crippen LogP contribution in [0.15, 0.2) is 60.7 Å². The first-order chi connectivity index (χ1) is 16.3. The van der Waals surface area contributed by atoms with Crippen LogP contribution in [0.5, 0.6) is 0 Å². The molecule has 0 aromatic heterocycles. The molecule has 182 valence electrons. The van der Waals surface area contributed by atoms with Gasteiger partial charge in [-0.25, -0.2) is 4.79 Å². The highest BCUT2D eigenvalue weighted by Gasteiger charge is 2.31. The van der Waals surface area contributed by atoms with Crippen molar-refractivity contribution in [1.82, 2.24) is 10.6 Å². The largest absolute Gasteiger partial charge is 0.466 e. The number of hydrogen-bond acceptors (Lipinski definition) is 6. The average Bonchev–Trinajstić information content (AvgIpc) is 2.81. The van der Waals surface area contributed by atoms with Gasteiger partial charge in [-0.1, -0.05) is 67.6 Å². The molecule has 34 heavy (non-hydrogen) atoms. The Hall–Kier alpha value is -3.88. The molecule has 9 heteroatoms. The number of nitrogens with two attached hydrogens (primary N) is 1. The van der Waals surface area contributed by atoms with Gasteiger partial charge in [-0.3, -0.25) is 14.4 Å². The first kappa shape index (κ1) is 26.4. The van der Waals surface area contributed by atoms with Crippen LogP contribution < -0.4 is 16.4 Å². The number of carbonyl (C=O) groups excluding carboxylic acids is 4. The SMILES string of the molecule is CCOC(=O)C[C@H](C)[C@H](NC(=O)[C@H](Cc1ccccc1)NC(=O)OCc1ccccc1)C(N)=O. The number of hydrogen-bond donors (Lipinski definition) is 3. The Bertz CT molecular complexity index is 952. The fraction of sp³-hybridized carbons (Fsp3) is 0.360. The van der Waals surface area contributed by atoms with E-state index in [4.69, 9.17) is 15.2 Å². The summed E-state index contributed by atoms with van der Waals surface area (Å²) in [5, 5.41) is 5.13. The molecule has 3 atom stereocenters. The van der Waals surface area contributed by atoms with Crippen molar-refractivity contribution in [2.75, 3.05) is 6.61 Å². The summed E-state index contributed by atoms with van der Waals surface area (Å²) in [7, 11) is 0. The maximum Gasteiger partial charge on any atom is 0.408 e. The molecule has 0 saturated heterocycles. The number of ether oxygens (including phenoxy) is 2. The maximum absolute atomic E-state index is 13.1. The quantitative estimate of drug-likeness (QED) is 0.407. The standard InChI is InChI=1S/C25H31N3O6/c1-3-33-21(29)14-17(2)22(23(26)30)28-24(31)20(15-18-10-6-4-7-11-18)27-25(32)34-16-19-12-8-5-9-13-19/h4-13,17,20,22H,3,14-16H2,1-2H3,(H2,26,30)(H,27,32)(H,28,31)/t17-,20-,22-/m0/s1. The lowest BCUT2D eigenvalue weighted by Crippen LogP contribution is -2.55. The lowest BCUT2D eigenvalue weighted by molar-refractivity contribution is -0.145. The van der Waals surface area contributed by atoms with Crippen molar-refractivity contribution in [3.8, 4) is 0 Å². The van der Waals surface area contributed by atoms with Gasteiger partial charge in [-0.05, 0) is 24.0 Å². The number of rotatable bonds is 12. The Morgan fingerprint density at radius 1 is 0.882 bits per heavy atom. The zero-order valence-electron chi connectivity index (χ0n) is 19.4. The number of benzene rings is 2. The maximum atomic E-state index is 13.1. The van der Waals surface area contributed by atoms with E-state index in [1.807, 2.05) is 60.7 Å². The molecule has 0 unspecified atom stereocenters. The summed E-state index contributed by atoms with van der Waals surface area (Å²) in [6, 6.07) is 16.0. The zero-order valence-corrected chi connectivity index (χ0v) is 19.4. The highest BCUT2D eigenvalue weighted by Crippen LogP contribution is 2.11. The average molecular weight is 470 g/mol. The summed E-state index contributed by atoms with van der Waals surface area (Å²) in [4.78, 5) is 49.3. The van der Waals surface area contributed by atoms with Gasteiger partial charge in [0.1, 0.15) is 18.7 Å². The van der Waals surface area contributed by atoms with Gasteiger partial charge in [0.05, 0.1) is 13.0 Å². The van der Waals surface area contributed by atoms with Crippen LogP contribution in [0.25, 0.3) is 0 Å². The molecule has 4 N–H and O–H groups in total. The molecule has 3 amide bonds. The van der Waals surface area contributed by atoms with E-state index >= 15 is 0 Å². The lowest BCUT2D eigenvalue weighted by atomic mass is 9.96. The van der Waals surface area contributed by atoms with E-state index in [9.17, 15) is 19.2 Å². The van der Waals surface area contributed by atoms with Crippen molar-refractivity contribution < 1.29 is 28.7 Å². The van der Waals surface area contributed by atoms with Gasteiger partial charge < -0.3 is 25.8 Å². The van der Waals surface area contributed by atoms with E-state index in [1.165, 1.54) is 0 Å². The van der Waals surface area contributed by atoms with Crippen LogP contribution in [0.2, 0.25) is 0 Å². The number of amides is 3. The van der Waals surface area contributed by atoms with E-state index in [0.717, 1.165) is 11.1 Å². The van der Waals surface area contributed by atoms with Crippen LogP contribution in [0.4, 0.5) is 4.79 Å². The summed E-state index contributed by atoms with van der Waals surface area (Å²) < 4.78 is 10.2. The van der Waals surface area contributed by atoms with Crippen molar-refractivity contribution in [3.63, 3.8) is 0 Å². The Kier molecular flexibility index (Phi) is 10.6. The summed E-state index contributed by atoms with van der Waals surface area (Å²) in [6.07, 6.45) is -0.724. The van der Waals surface area contributed by atoms with E-state index in [1.54, 1.807) is 13.8 Å². The van der Waals surface area contributed by atoms with Gasteiger partial charge >= 0.3 is 12.1 Å². The Balaban J connectivity index is 2.09. The van der Waals surface area contributed by atoms with Crippen LogP contribution in [0.3, 0.4) is 0 Å². The predicted octanol–water partition coefficient (Wildman–Crippen LogP) is 2.08. The number of nitrogens with one attached hydrogen (secondary N) is 2. The highest BCUT2D eigenvalue weighted by molar-refractivity contribution is 5.91. The minimum atomic E-state index is -1.13. The molecule has 0 saturated carbocycles. The van der Waals surface area contributed by atoms with Gasteiger partial charge in [0, 0.05) is 6.42 Å². The fourth-order valence-corrected chi connectivity index (χ4v) is 3.31. The molecule has 0 heterocycles. The first-order valence-electron chi connectivity index (χ1n) is 11.1. The molecule has 0 aliphatic heterocycles. The molecule has 0 bridgehead atoms. The van der Waals surface area contributed by atoms with E-state index in [0.29, 0.717) is 0 Å². The molecule has 0 spiro atoms.